The first-order valence-electron chi connectivity index (χ1n) is 6.28. The van der Waals surface area contributed by atoms with Crippen LogP contribution >= 0.6 is 0 Å². The largest absolute Gasteiger partial charge is 0.398 e. The lowest BCUT2D eigenvalue weighted by molar-refractivity contribution is -0.00521. The molecule has 1 aliphatic rings. The smallest absolute Gasteiger partial charge is 0.161 e. The number of hydrogen-bond donors (Lipinski definition) is 1. The summed E-state index contributed by atoms with van der Waals surface area (Å²) in [7, 11) is 0. The lowest BCUT2D eigenvalue weighted by Crippen LogP contribution is -2.45. The summed E-state index contributed by atoms with van der Waals surface area (Å²) in [5, 5.41) is 0. The van der Waals surface area contributed by atoms with Gasteiger partial charge in [-0.1, -0.05) is 0 Å². The predicted molar refractivity (Wildman–Crippen MR) is 73.1 cm³/mol. The van der Waals surface area contributed by atoms with E-state index >= 15 is 0 Å². The van der Waals surface area contributed by atoms with Gasteiger partial charge in [0.2, 0.25) is 0 Å². The molecule has 1 aliphatic heterocycles. The van der Waals surface area contributed by atoms with E-state index in [1.54, 1.807) is 6.07 Å². The van der Waals surface area contributed by atoms with Crippen molar-refractivity contribution >= 4 is 17.2 Å². The second kappa shape index (κ2) is 4.98. The number of carbonyl (C=O) groups excluding carboxylic acids is 1. The standard InChI is InChI=1S/C14H20N2O2/c1-9-7-16(8-10(2)18-9)12-4-5-13(11(3)17)14(15)6-12/h4-6,9-10H,7-8,15H2,1-3H3/t9-,10+. The minimum Gasteiger partial charge on any atom is -0.398 e. The van der Waals surface area contributed by atoms with Gasteiger partial charge >= 0.3 is 0 Å². The van der Waals surface area contributed by atoms with Crippen molar-refractivity contribution in [3.8, 4) is 0 Å². The number of nitrogens with two attached hydrogens (primary N) is 1. The Kier molecular flexibility index (Phi) is 3.57. The molecule has 1 aromatic rings. The van der Waals surface area contributed by atoms with Crippen molar-refractivity contribution in [2.24, 2.45) is 0 Å². The Morgan fingerprint density at radius 1 is 1.33 bits per heavy atom. The quantitative estimate of drug-likeness (QED) is 0.643. The van der Waals surface area contributed by atoms with Crippen LogP contribution in [-0.4, -0.2) is 31.1 Å². The van der Waals surface area contributed by atoms with Crippen LogP contribution in [0.3, 0.4) is 0 Å². The zero-order chi connectivity index (χ0) is 13.3. The normalized spacial score (nSPS) is 24.1. The Labute approximate surface area is 108 Å². The van der Waals surface area contributed by atoms with Crippen molar-refractivity contribution in [3.05, 3.63) is 23.8 Å². The molecule has 0 spiro atoms. The summed E-state index contributed by atoms with van der Waals surface area (Å²) in [6, 6.07) is 5.64. The van der Waals surface area contributed by atoms with Crippen molar-refractivity contribution in [2.45, 2.75) is 33.0 Å². The molecule has 0 aromatic heterocycles. The highest BCUT2D eigenvalue weighted by Crippen LogP contribution is 2.24. The number of morpholine rings is 1. The number of carbonyl (C=O) groups is 1. The molecular weight excluding hydrogens is 228 g/mol. The highest BCUT2D eigenvalue weighted by molar-refractivity contribution is 5.99. The molecule has 2 atom stereocenters. The lowest BCUT2D eigenvalue weighted by Gasteiger charge is -2.37. The Balaban J connectivity index is 2.23. The van der Waals surface area contributed by atoms with Crippen LogP contribution < -0.4 is 10.6 Å². The molecule has 2 rings (SSSR count). The maximum absolute atomic E-state index is 11.3. The molecule has 4 heteroatoms. The van der Waals surface area contributed by atoms with Gasteiger partial charge in [0.05, 0.1) is 12.2 Å². The molecule has 0 unspecified atom stereocenters. The SMILES string of the molecule is CC(=O)c1ccc(N2C[C@@H](C)O[C@@H](C)C2)cc1N. The van der Waals surface area contributed by atoms with E-state index in [9.17, 15) is 4.79 Å². The van der Waals surface area contributed by atoms with E-state index in [-0.39, 0.29) is 18.0 Å². The summed E-state index contributed by atoms with van der Waals surface area (Å²) in [4.78, 5) is 13.6. The first-order valence-corrected chi connectivity index (χ1v) is 6.28. The summed E-state index contributed by atoms with van der Waals surface area (Å²) < 4.78 is 5.70. The van der Waals surface area contributed by atoms with Crippen LogP contribution in [0.5, 0.6) is 0 Å². The van der Waals surface area contributed by atoms with Crippen LogP contribution in [0, 0.1) is 0 Å². The maximum atomic E-state index is 11.3. The predicted octanol–water partition coefficient (Wildman–Crippen LogP) is 2.08. The second-order valence-corrected chi connectivity index (χ2v) is 4.99. The maximum Gasteiger partial charge on any atom is 0.161 e. The van der Waals surface area contributed by atoms with E-state index in [0.29, 0.717) is 11.3 Å². The van der Waals surface area contributed by atoms with Gasteiger partial charge in [0.15, 0.2) is 5.78 Å². The molecule has 98 valence electrons. The monoisotopic (exact) mass is 248 g/mol. The molecule has 1 aromatic carbocycles. The average Bonchev–Trinajstić information content (AvgIpc) is 2.26. The minimum absolute atomic E-state index is 0.00256. The Hall–Kier alpha value is -1.55. The first-order chi connectivity index (χ1) is 8.47. The number of nitrogen functional groups attached to an aromatic ring is 1. The first kappa shape index (κ1) is 12.9. The number of ether oxygens (including phenoxy) is 1. The van der Waals surface area contributed by atoms with Gasteiger partial charge in [-0.05, 0) is 39.0 Å². The van der Waals surface area contributed by atoms with Crippen molar-refractivity contribution in [1.29, 1.82) is 0 Å². The average molecular weight is 248 g/mol. The summed E-state index contributed by atoms with van der Waals surface area (Å²) in [6.07, 6.45) is 0.421. The summed E-state index contributed by atoms with van der Waals surface area (Å²) in [6.45, 7) is 7.36. The molecule has 0 aliphatic carbocycles. The number of Topliss-reactive ketones (excluding diaryl/α,β-unsaturated/α-hetero) is 1. The molecule has 1 heterocycles. The van der Waals surface area contributed by atoms with E-state index in [0.717, 1.165) is 18.8 Å². The number of rotatable bonds is 2. The molecule has 0 radical (unpaired) electrons. The molecule has 1 fully saturated rings. The van der Waals surface area contributed by atoms with E-state index in [1.807, 2.05) is 12.1 Å². The minimum atomic E-state index is 0.00256. The highest BCUT2D eigenvalue weighted by atomic mass is 16.5. The van der Waals surface area contributed by atoms with Gasteiger partial charge in [-0.3, -0.25) is 4.79 Å². The fraction of sp³-hybridized carbons (Fsp3) is 0.500. The van der Waals surface area contributed by atoms with Gasteiger partial charge in [0.25, 0.3) is 0 Å². The van der Waals surface area contributed by atoms with Crippen LogP contribution in [0.15, 0.2) is 18.2 Å². The van der Waals surface area contributed by atoms with Crippen molar-refractivity contribution in [1.82, 2.24) is 0 Å². The van der Waals surface area contributed by atoms with Crippen molar-refractivity contribution < 1.29 is 9.53 Å². The molecule has 4 nitrogen and oxygen atoms in total. The van der Waals surface area contributed by atoms with Gasteiger partial charge in [0.1, 0.15) is 0 Å². The van der Waals surface area contributed by atoms with Crippen LogP contribution in [0.25, 0.3) is 0 Å². The Morgan fingerprint density at radius 3 is 2.44 bits per heavy atom. The van der Waals surface area contributed by atoms with Crippen LogP contribution in [0.2, 0.25) is 0 Å². The summed E-state index contributed by atoms with van der Waals surface area (Å²) >= 11 is 0. The van der Waals surface area contributed by atoms with Crippen LogP contribution in [0.1, 0.15) is 31.1 Å². The third-order valence-electron chi connectivity index (χ3n) is 3.20. The van der Waals surface area contributed by atoms with E-state index in [2.05, 4.69) is 18.7 Å². The number of anilines is 2. The Bertz CT molecular complexity index is 449. The zero-order valence-electron chi connectivity index (χ0n) is 11.1. The number of benzene rings is 1. The fourth-order valence-electron chi connectivity index (χ4n) is 2.46. The molecular formula is C14H20N2O2. The molecule has 1 saturated heterocycles. The number of nitrogens with zero attached hydrogens (tertiary/aromatic N) is 1. The molecule has 18 heavy (non-hydrogen) atoms. The van der Waals surface area contributed by atoms with E-state index < -0.39 is 0 Å². The highest BCUT2D eigenvalue weighted by Gasteiger charge is 2.22. The van der Waals surface area contributed by atoms with Gasteiger partial charge < -0.3 is 15.4 Å². The van der Waals surface area contributed by atoms with Crippen molar-refractivity contribution in [3.63, 3.8) is 0 Å². The Morgan fingerprint density at radius 2 is 1.94 bits per heavy atom. The van der Waals surface area contributed by atoms with Crippen LogP contribution in [0.4, 0.5) is 11.4 Å². The molecule has 2 N–H and O–H groups in total. The van der Waals surface area contributed by atoms with Gasteiger partial charge in [-0.2, -0.15) is 0 Å². The van der Waals surface area contributed by atoms with Gasteiger partial charge in [0, 0.05) is 30.0 Å². The summed E-state index contributed by atoms with van der Waals surface area (Å²) in [5.74, 6) is 0.00256. The zero-order valence-corrected chi connectivity index (χ0v) is 11.1. The topological polar surface area (TPSA) is 55.6 Å². The fourth-order valence-corrected chi connectivity index (χ4v) is 2.46. The lowest BCUT2D eigenvalue weighted by atomic mass is 10.1. The molecule has 0 saturated carbocycles. The van der Waals surface area contributed by atoms with E-state index in [1.165, 1.54) is 6.92 Å². The molecule has 0 bridgehead atoms. The van der Waals surface area contributed by atoms with Crippen LogP contribution in [-0.2, 0) is 4.74 Å². The number of ketones is 1. The number of hydrogen-bond acceptors (Lipinski definition) is 4. The van der Waals surface area contributed by atoms with E-state index in [4.69, 9.17) is 10.5 Å². The third kappa shape index (κ3) is 2.64. The van der Waals surface area contributed by atoms with Crippen molar-refractivity contribution in [2.75, 3.05) is 23.7 Å². The second-order valence-electron chi connectivity index (χ2n) is 4.99. The molecule has 0 amide bonds. The van der Waals surface area contributed by atoms with Gasteiger partial charge in [-0.15, -0.1) is 0 Å². The van der Waals surface area contributed by atoms with Gasteiger partial charge in [-0.25, -0.2) is 0 Å². The third-order valence-corrected chi connectivity index (χ3v) is 3.20. The summed E-state index contributed by atoms with van der Waals surface area (Å²) in [5.41, 5.74) is 8.11.